The minimum Gasteiger partial charge on any atom is -0.370 e. The molecule has 0 amide bonds. The van der Waals surface area contributed by atoms with E-state index < -0.39 is 7.80 Å². The van der Waals surface area contributed by atoms with Gasteiger partial charge in [0.1, 0.15) is 0 Å². The number of hydrogen-bond acceptors (Lipinski definition) is 1. The second-order valence-corrected chi connectivity index (χ2v) is 3.93. The summed E-state index contributed by atoms with van der Waals surface area (Å²) < 4.78 is 10.5. The maximum absolute atomic E-state index is 10.5. The van der Waals surface area contributed by atoms with Crippen molar-refractivity contribution in [2.45, 2.75) is 6.92 Å². The van der Waals surface area contributed by atoms with Crippen LogP contribution in [-0.2, 0) is 76.9 Å². The van der Waals surface area contributed by atoms with Crippen LogP contribution in [0.2, 0.25) is 0 Å². The smallest absolute Gasteiger partial charge is 0.0452 e. The molecule has 0 saturated carbocycles. The van der Waals surface area contributed by atoms with E-state index in [0.29, 0.717) is 5.92 Å². The fraction of sp³-hybridized carbons (Fsp3) is 0.667. The number of hydrogen-bond donors (Lipinski definition) is 0. The molecule has 0 aliphatic rings. The average molecular weight is 456 g/mol. The van der Waals surface area contributed by atoms with Crippen molar-refractivity contribution in [2.24, 2.45) is 5.92 Å². The van der Waals surface area contributed by atoms with Gasteiger partial charge in [0.2, 0.25) is 0 Å². The predicted octanol–water partition coefficient (Wildman–Crippen LogP) is 1.84. The standard InChI is InChI=1S/C6H13OP.V.W.Y/c1-6(2)4-5-8(3)7;;;/h4,6,8H,1,5H2,2-3H3;;;/q-2;;;. The van der Waals surface area contributed by atoms with Crippen LogP contribution in [0.3, 0.4) is 0 Å². The van der Waals surface area contributed by atoms with Crippen molar-refractivity contribution >= 4 is 7.80 Å². The first-order chi connectivity index (χ1) is 3.63. The normalized spacial score (nSPS) is 13.0. The molecule has 0 rings (SSSR count). The molecule has 64 valence electrons. The van der Waals surface area contributed by atoms with Crippen LogP contribution < -0.4 is 0 Å². The monoisotopic (exact) mass is 456 g/mol. The zero-order valence-electron chi connectivity index (χ0n) is 6.91. The third kappa shape index (κ3) is 24.5. The van der Waals surface area contributed by atoms with Crippen LogP contribution in [0.5, 0.6) is 0 Å². The van der Waals surface area contributed by atoms with Gasteiger partial charge in [-0.2, -0.15) is 0 Å². The van der Waals surface area contributed by atoms with Crippen molar-refractivity contribution in [1.82, 2.24) is 0 Å². The van der Waals surface area contributed by atoms with Crippen molar-refractivity contribution in [1.29, 1.82) is 0 Å². The van der Waals surface area contributed by atoms with E-state index in [4.69, 9.17) is 0 Å². The van der Waals surface area contributed by atoms with Crippen molar-refractivity contribution in [2.75, 3.05) is 12.8 Å². The molecule has 0 aromatic heterocycles. The van der Waals surface area contributed by atoms with E-state index in [1.54, 1.807) is 6.66 Å². The molecule has 0 bridgehead atoms. The van der Waals surface area contributed by atoms with Crippen molar-refractivity contribution < 1.29 is 76.9 Å². The van der Waals surface area contributed by atoms with Crippen molar-refractivity contribution in [3.63, 3.8) is 0 Å². The summed E-state index contributed by atoms with van der Waals surface area (Å²) in [4.78, 5) is 0. The molecule has 11 heavy (non-hydrogen) atoms. The third-order valence-corrected chi connectivity index (χ3v) is 1.62. The van der Waals surface area contributed by atoms with Gasteiger partial charge in [-0.15, -0.1) is 13.1 Å². The molecule has 2 unspecified atom stereocenters. The Hall–Kier alpha value is 2.61. The van der Waals surface area contributed by atoms with Crippen LogP contribution >= 0.6 is 7.80 Å². The Morgan fingerprint density at radius 2 is 2.00 bits per heavy atom. The molecule has 0 aliphatic heterocycles. The molecular weight excluding hydrogens is 443 g/mol. The summed E-state index contributed by atoms with van der Waals surface area (Å²) >= 11 is 0. The van der Waals surface area contributed by atoms with E-state index in [0.717, 1.165) is 6.16 Å². The zero-order valence-corrected chi connectivity index (χ0v) is 15.1. The SMILES string of the molecule is [CH2-]C(C)[CH-]C[PH](C)=O.[V].[W].[Y]. The maximum atomic E-state index is 10.5. The fourth-order valence-corrected chi connectivity index (χ4v) is 1.10. The summed E-state index contributed by atoms with van der Waals surface area (Å²) in [5, 5.41) is 0. The van der Waals surface area contributed by atoms with E-state index in [1.165, 1.54) is 0 Å². The minimum atomic E-state index is -1.28. The van der Waals surface area contributed by atoms with Gasteiger partial charge in [0.05, 0.1) is 0 Å². The minimum absolute atomic E-state index is 0. The Morgan fingerprint density at radius 3 is 2.09 bits per heavy atom. The van der Waals surface area contributed by atoms with E-state index in [1.807, 2.05) is 13.3 Å². The van der Waals surface area contributed by atoms with Gasteiger partial charge in [-0.1, -0.05) is 0 Å². The van der Waals surface area contributed by atoms with Crippen LogP contribution in [0, 0.1) is 19.3 Å². The molecule has 0 aromatic rings. The summed E-state index contributed by atoms with van der Waals surface area (Å²) in [6.07, 6.45) is 2.73. The first kappa shape index (κ1) is 23.4. The summed E-state index contributed by atoms with van der Waals surface area (Å²) in [6, 6.07) is 0. The van der Waals surface area contributed by atoms with Gasteiger partial charge < -0.3 is 23.8 Å². The third-order valence-electron chi connectivity index (χ3n) is 0.808. The predicted molar refractivity (Wildman–Crippen MR) is 38.6 cm³/mol. The van der Waals surface area contributed by atoms with Gasteiger partial charge in [-0.05, 0) is 6.66 Å². The molecule has 2 radical (unpaired) electrons. The van der Waals surface area contributed by atoms with E-state index in [-0.39, 0.29) is 72.3 Å². The van der Waals surface area contributed by atoms with Crippen molar-refractivity contribution in [3.8, 4) is 0 Å². The van der Waals surface area contributed by atoms with Gasteiger partial charge in [0.25, 0.3) is 0 Å². The molecular formula is C6H13OPVWY-2. The van der Waals surface area contributed by atoms with Crippen LogP contribution in [0.15, 0.2) is 0 Å². The molecule has 1 nitrogen and oxygen atoms in total. The number of rotatable bonds is 3. The van der Waals surface area contributed by atoms with Crippen LogP contribution in [-0.4, -0.2) is 12.8 Å². The van der Waals surface area contributed by atoms with Crippen LogP contribution in [0.25, 0.3) is 0 Å². The second kappa shape index (κ2) is 15.1. The first-order valence-corrected chi connectivity index (χ1v) is 4.90. The van der Waals surface area contributed by atoms with Gasteiger partial charge in [0, 0.05) is 80.1 Å². The Labute approximate surface area is 122 Å². The molecule has 0 N–H and O–H groups in total. The maximum Gasteiger partial charge on any atom is 0.0452 e. The Bertz CT molecular complexity index is 92.7. The fourth-order valence-electron chi connectivity index (χ4n) is 0.367. The largest absolute Gasteiger partial charge is 0.370 e. The Kier molecular flexibility index (Phi) is 32.2. The molecule has 0 saturated heterocycles. The topological polar surface area (TPSA) is 17.1 Å². The Morgan fingerprint density at radius 1 is 1.64 bits per heavy atom. The average Bonchev–Trinajstić information content (AvgIpc) is 1.61. The van der Waals surface area contributed by atoms with Crippen molar-refractivity contribution in [3.05, 3.63) is 13.3 Å². The summed E-state index contributed by atoms with van der Waals surface area (Å²) in [5.41, 5.74) is 0. The van der Waals surface area contributed by atoms with Crippen LogP contribution in [0.1, 0.15) is 6.92 Å². The molecule has 0 fully saturated rings. The Balaban J connectivity index is -0.0000000817. The molecule has 2 atom stereocenters. The van der Waals surface area contributed by atoms with Crippen LogP contribution in [0.4, 0.5) is 0 Å². The second-order valence-electron chi connectivity index (χ2n) is 2.12. The quantitative estimate of drug-likeness (QED) is 0.469. The summed E-state index contributed by atoms with van der Waals surface area (Å²) in [5.74, 6) is 0.337. The van der Waals surface area contributed by atoms with Gasteiger partial charge >= 0.3 is 0 Å². The van der Waals surface area contributed by atoms with E-state index >= 15 is 0 Å². The molecule has 0 aromatic carbocycles. The molecule has 0 heterocycles. The first-order valence-electron chi connectivity index (χ1n) is 2.78. The zero-order chi connectivity index (χ0) is 6.57. The van der Waals surface area contributed by atoms with E-state index in [9.17, 15) is 4.57 Å². The molecule has 0 aliphatic carbocycles. The van der Waals surface area contributed by atoms with Gasteiger partial charge in [-0.3, -0.25) is 0 Å². The van der Waals surface area contributed by atoms with Gasteiger partial charge in [0.15, 0.2) is 0 Å². The summed E-state index contributed by atoms with van der Waals surface area (Å²) in [7, 11) is -1.28. The van der Waals surface area contributed by atoms with E-state index in [2.05, 4.69) is 6.92 Å². The summed E-state index contributed by atoms with van der Waals surface area (Å²) in [6.45, 7) is 7.49. The van der Waals surface area contributed by atoms with Gasteiger partial charge in [-0.25, -0.2) is 0 Å². The molecule has 5 heteroatoms. The molecule has 0 spiro atoms.